The lowest BCUT2D eigenvalue weighted by molar-refractivity contribution is 0.103. The number of hydrogen-bond donors (Lipinski definition) is 1. The number of fused-ring (bicyclic) bond motifs is 1. The summed E-state index contributed by atoms with van der Waals surface area (Å²) in [5.41, 5.74) is 2.63. The van der Waals surface area contributed by atoms with Crippen molar-refractivity contribution in [2.24, 2.45) is 5.92 Å². The zero-order valence-corrected chi connectivity index (χ0v) is 17.1. The highest BCUT2D eigenvalue weighted by molar-refractivity contribution is 7.89. The minimum Gasteiger partial charge on any atom is -0.321 e. The molecule has 0 radical (unpaired) electrons. The molecule has 2 aromatic rings. The molecule has 1 aromatic carbocycles. The topological polar surface area (TPSA) is 66.5 Å². The molecule has 1 aliphatic rings. The van der Waals surface area contributed by atoms with Crippen LogP contribution in [0.15, 0.2) is 29.2 Å². The molecule has 5 nitrogen and oxygen atoms in total. The van der Waals surface area contributed by atoms with Gasteiger partial charge in [0.2, 0.25) is 10.0 Å². The summed E-state index contributed by atoms with van der Waals surface area (Å²) in [6.07, 6.45) is 3.22. The summed E-state index contributed by atoms with van der Waals surface area (Å²) in [6, 6.07) is 6.79. The number of carbonyl (C=O) groups is 1. The van der Waals surface area contributed by atoms with E-state index >= 15 is 0 Å². The maximum atomic E-state index is 12.7. The Balaban J connectivity index is 1.86. The van der Waals surface area contributed by atoms with Crippen LogP contribution >= 0.6 is 11.3 Å². The van der Waals surface area contributed by atoms with E-state index in [0.29, 0.717) is 16.5 Å². The second-order valence-corrected chi connectivity index (χ2v) is 10.4. The van der Waals surface area contributed by atoms with E-state index in [4.69, 9.17) is 0 Å². The lowest BCUT2D eigenvalue weighted by Crippen LogP contribution is -2.22. The van der Waals surface area contributed by atoms with Gasteiger partial charge in [0.1, 0.15) is 0 Å². The number of benzene rings is 1. The van der Waals surface area contributed by atoms with Crippen LogP contribution in [0.25, 0.3) is 0 Å². The number of nitrogens with one attached hydrogen (secondary N) is 1. The Morgan fingerprint density at radius 3 is 2.69 bits per heavy atom. The Bertz CT molecular complexity index is 946. The van der Waals surface area contributed by atoms with Gasteiger partial charge < -0.3 is 5.32 Å². The number of anilines is 1. The molecule has 0 saturated heterocycles. The van der Waals surface area contributed by atoms with Gasteiger partial charge in [-0.2, -0.15) is 0 Å². The average molecular weight is 393 g/mol. The summed E-state index contributed by atoms with van der Waals surface area (Å²) < 4.78 is 25.8. The molecule has 1 aromatic heterocycles. The number of rotatable bonds is 4. The molecular weight excluding hydrogens is 368 g/mol. The van der Waals surface area contributed by atoms with E-state index < -0.39 is 10.0 Å². The van der Waals surface area contributed by atoms with E-state index in [2.05, 4.69) is 12.2 Å². The molecule has 0 spiro atoms. The number of thiophene rings is 1. The van der Waals surface area contributed by atoms with Crippen LogP contribution in [0.4, 0.5) is 5.69 Å². The second kappa shape index (κ2) is 7.13. The van der Waals surface area contributed by atoms with Crippen LogP contribution in [0.1, 0.15) is 39.0 Å². The largest absolute Gasteiger partial charge is 0.321 e. The second-order valence-electron chi connectivity index (χ2n) is 7.13. The van der Waals surface area contributed by atoms with Gasteiger partial charge in [-0.3, -0.25) is 4.79 Å². The van der Waals surface area contributed by atoms with Gasteiger partial charge in [0.15, 0.2) is 0 Å². The molecule has 3 rings (SSSR count). The van der Waals surface area contributed by atoms with Gasteiger partial charge in [0, 0.05) is 24.7 Å². The number of carbonyl (C=O) groups excluding carboxylic acids is 1. The summed E-state index contributed by atoms with van der Waals surface area (Å²) in [6.45, 7) is 4.09. The highest BCUT2D eigenvalue weighted by atomic mass is 32.2. The van der Waals surface area contributed by atoms with Crippen molar-refractivity contribution in [3.63, 3.8) is 0 Å². The fourth-order valence-corrected chi connectivity index (χ4v) is 5.14. The van der Waals surface area contributed by atoms with E-state index in [1.165, 1.54) is 30.6 Å². The molecule has 1 atom stereocenters. The molecule has 7 heteroatoms. The van der Waals surface area contributed by atoms with Crippen molar-refractivity contribution in [1.29, 1.82) is 0 Å². The van der Waals surface area contributed by atoms with Gasteiger partial charge in [-0.15, -0.1) is 11.3 Å². The van der Waals surface area contributed by atoms with Gasteiger partial charge in [-0.1, -0.05) is 13.0 Å². The van der Waals surface area contributed by atoms with Crippen molar-refractivity contribution in [3.05, 3.63) is 45.1 Å². The lowest BCUT2D eigenvalue weighted by Gasteiger charge is -2.16. The van der Waals surface area contributed by atoms with Gasteiger partial charge in [0.05, 0.1) is 9.77 Å². The summed E-state index contributed by atoms with van der Waals surface area (Å²) in [5.74, 6) is 0.475. The molecule has 0 fully saturated rings. The van der Waals surface area contributed by atoms with Crippen molar-refractivity contribution < 1.29 is 13.2 Å². The summed E-state index contributed by atoms with van der Waals surface area (Å²) in [5, 5.41) is 2.89. The van der Waals surface area contributed by atoms with Crippen LogP contribution in [0.3, 0.4) is 0 Å². The van der Waals surface area contributed by atoms with Crippen LogP contribution in [-0.4, -0.2) is 32.7 Å². The van der Waals surface area contributed by atoms with E-state index in [1.54, 1.807) is 23.5 Å². The van der Waals surface area contributed by atoms with Crippen LogP contribution in [-0.2, 0) is 22.9 Å². The predicted molar refractivity (Wildman–Crippen MR) is 106 cm³/mol. The monoisotopic (exact) mass is 392 g/mol. The fourth-order valence-electron chi connectivity index (χ4n) is 3.11. The maximum absolute atomic E-state index is 12.7. The molecule has 0 bridgehead atoms. The average Bonchev–Trinajstić information content (AvgIpc) is 2.99. The molecule has 1 unspecified atom stereocenters. The zero-order valence-electron chi connectivity index (χ0n) is 15.5. The van der Waals surface area contributed by atoms with E-state index in [-0.39, 0.29) is 10.8 Å². The molecule has 0 aliphatic heterocycles. The fraction of sp³-hybridized carbons (Fsp3) is 0.421. The Morgan fingerprint density at radius 1 is 1.27 bits per heavy atom. The number of hydrogen-bond acceptors (Lipinski definition) is 4. The molecular formula is C19H24N2O3S2. The molecule has 0 saturated carbocycles. The summed E-state index contributed by atoms with van der Waals surface area (Å²) in [4.78, 5) is 14.9. The van der Waals surface area contributed by atoms with Crippen molar-refractivity contribution in [2.45, 2.75) is 38.0 Å². The third kappa shape index (κ3) is 3.70. The Morgan fingerprint density at radius 2 is 2.00 bits per heavy atom. The molecule has 26 heavy (non-hydrogen) atoms. The predicted octanol–water partition coefficient (Wildman–Crippen LogP) is 3.68. The van der Waals surface area contributed by atoms with E-state index in [9.17, 15) is 13.2 Å². The summed E-state index contributed by atoms with van der Waals surface area (Å²) in [7, 11) is -0.559. The van der Waals surface area contributed by atoms with Crippen LogP contribution in [0.5, 0.6) is 0 Å². The normalized spacial score (nSPS) is 17.2. The van der Waals surface area contributed by atoms with E-state index in [1.807, 2.05) is 13.0 Å². The molecule has 1 heterocycles. The van der Waals surface area contributed by atoms with Crippen molar-refractivity contribution in [3.8, 4) is 0 Å². The quantitative estimate of drug-likeness (QED) is 0.863. The number of aryl methyl sites for hydroxylation is 2. The Labute approximate surface area is 159 Å². The van der Waals surface area contributed by atoms with Crippen LogP contribution in [0, 0.1) is 12.8 Å². The number of sulfonamides is 1. The third-order valence-electron chi connectivity index (χ3n) is 4.79. The zero-order chi connectivity index (χ0) is 19.1. The van der Waals surface area contributed by atoms with Crippen LogP contribution in [0.2, 0.25) is 0 Å². The first-order valence-electron chi connectivity index (χ1n) is 8.64. The highest BCUT2D eigenvalue weighted by Crippen LogP contribution is 2.33. The van der Waals surface area contributed by atoms with Gasteiger partial charge in [-0.25, -0.2) is 12.7 Å². The maximum Gasteiger partial charge on any atom is 0.265 e. The third-order valence-corrected chi connectivity index (χ3v) is 7.84. The Kier molecular flexibility index (Phi) is 5.23. The lowest BCUT2D eigenvalue weighted by atomic mass is 9.90. The minimum absolute atomic E-state index is 0.169. The van der Waals surface area contributed by atoms with Crippen LogP contribution < -0.4 is 5.32 Å². The van der Waals surface area contributed by atoms with Crippen molar-refractivity contribution >= 4 is 33.0 Å². The standard InChI is InChI=1S/C19H24N2O3S2/c1-12-5-8-17-14(9-12)10-18(25-17)19(22)20-16-11-15(7-6-13(16)2)26(23,24)21(3)4/h6-7,10-12H,5,8-9H2,1-4H3,(H,20,22). The number of nitrogens with zero attached hydrogens (tertiary/aromatic N) is 1. The van der Waals surface area contributed by atoms with E-state index in [0.717, 1.165) is 29.1 Å². The highest BCUT2D eigenvalue weighted by Gasteiger charge is 2.22. The Hall–Kier alpha value is -1.70. The molecule has 1 aliphatic carbocycles. The smallest absolute Gasteiger partial charge is 0.265 e. The molecule has 140 valence electrons. The van der Waals surface area contributed by atoms with Gasteiger partial charge >= 0.3 is 0 Å². The van der Waals surface area contributed by atoms with Crippen molar-refractivity contribution in [1.82, 2.24) is 4.31 Å². The first kappa shape index (κ1) is 19.1. The first-order valence-corrected chi connectivity index (χ1v) is 10.9. The van der Waals surface area contributed by atoms with Gasteiger partial charge in [0.25, 0.3) is 5.91 Å². The number of amides is 1. The van der Waals surface area contributed by atoms with Crippen molar-refractivity contribution in [2.75, 3.05) is 19.4 Å². The first-order chi connectivity index (χ1) is 12.2. The molecule has 1 N–H and O–H groups in total. The minimum atomic E-state index is -3.54. The summed E-state index contributed by atoms with van der Waals surface area (Å²) >= 11 is 1.55. The SMILES string of the molecule is Cc1ccc(S(=O)(=O)N(C)C)cc1NC(=O)c1cc2c(s1)CCC(C)C2. The van der Waals surface area contributed by atoms with Gasteiger partial charge in [-0.05, 0) is 61.4 Å². The molecule has 1 amide bonds.